The van der Waals surface area contributed by atoms with Crippen molar-refractivity contribution in [2.24, 2.45) is 17.8 Å². The molecular formula is C14H14O6. The van der Waals surface area contributed by atoms with Crippen molar-refractivity contribution in [3.8, 4) is 11.5 Å². The number of carboxylic acids is 2. The van der Waals surface area contributed by atoms with E-state index in [0.29, 0.717) is 17.1 Å². The molecule has 2 fully saturated rings. The second-order valence-corrected chi connectivity index (χ2v) is 5.19. The Morgan fingerprint density at radius 2 is 1.45 bits per heavy atom. The highest BCUT2D eigenvalue weighted by molar-refractivity contribution is 5.93. The molecule has 20 heavy (non-hydrogen) atoms. The summed E-state index contributed by atoms with van der Waals surface area (Å²) in [4.78, 5) is 22.4. The van der Waals surface area contributed by atoms with Gasteiger partial charge < -0.3 is 19.7 Å². The zero-order chi connectivity index (χ0) is 14.7. The smallest absolute Gasteiger partial charge is 0.307 e. The van der Waals surface area contributed by atoms with Gasteiger partial charge in [0.2, 0.25) is 0 Å². The fourth-order valence-corrected chi connectivity index (χ4v) is 3.46. The lowest BCUT2D eigenvalue weighted by Gasteiger charge is -2.16. The van der Waals surface area contributed by atoms with E-state index in [4.69, 9.17) is 9.47 Å². The molecule has 2 N–H and O–H groups in total. The molecule has 2 saturated carbocycles. The first kappa shape index (κ1) is 12.8. The maximum Gasteiger partial charge on any atom is 0.307 e. The van der Waals surface area contributed by atoms with Gasteiger partial charge in [0, 0.05) is 11.5 Å². The van der Waals surface area contributed by atoms with E-state index in [1.165, 1.54) is 14.2 Å². The predicted molar refractivity (Wildman–Crippen MR) is 67.0 cm³/mol. The molecule has 6 nitrogen and oxygen atoms in total. The molecular weight excluding hydrogens is 264 g/mol. The van der Waals surface area contributed by atoms with E-state index in [-0.39, 0.29) is 5.92 Å². The number of hydrogen-bond acceptors (Lipinski definition) is 4. The van der Waals surface area contributed by atoms with Gasteiger partial charge in [-0.3, -0.25) is 9.59 Å². The lowest BCUT2D eigenvalue weighted by molar-refractivity contribution is -0.144. The largest absolute Gasteiger partial charge is 0.497 e. The molecule has 2 aliphatic carbocycles. The van der Waals surface area contributed by atoms with Crippen molar-refractivity contribution >= 4 is 11.9 Å². The van der Waals surface area contributed by atoms with Gasteiger partial charge in [0.05, 0.1) is 26.1 Å². The number of fused-ring (bicyclic) bond motifs is 1. The molecule has 0 heterocycles. The first-order valence-electron chi connectivity index (χ1n) is 6.17. The van der Waals surface area contributed by atoms with E-state index in [1.54, 1.807) is 18.2 Å². The summed E-state index contributed by atoms with van der Waals surface area (Å²) < 4.78 is 10.3. The van der Waals surface area contributed by atoms with E-state index in [1.807, 2.05) is 0 Å². The number of ether oxygens (including phenoxy) is 2. The Morgan fingerprint density at radius 3 is 1.80 bits per heavy atom. The van der Waals surface area contributed by atoms with Crippen molar-refractivity contribution in [1.29, 1.82) is 0 Å². The van der Waals surface area contributed by atoms with Gasteiger partial charge in [-0.1, -0.05) is 0 Å². The lowest BCUT2D eigenvalue weighted by Crippen LogP contribution is -2.25. The summed E-state index contributed by atoms with van der Waals surface area (Å²) in [6, 6.07) is 5.06. The molecule has 2 atom stereocenters. The van der Waals surface area contributed by atoms with Crippen LogP contribution in [0.25, 0.3) is 0 Å². The number of benzene rings is 1. The van der Waals surface area contributed by atoms with Gasteiger partial charge in [0.15, 0.2) is 0 Å². The quantitative estimate of drug-likeness (QED) is 0.834. The van der Waals surface area contributed by atoms with E-state index in [2.05, 4.69) is 0 Å². The van der Waals surface area contributed by atoms with Crippen LogP contribution in [0.3, 0.4) is 0 Å². The van der Waals surface area contributed by atoms with E-state index < -0.39 is 29.2 Å². The molecule has 106 valence electrons. The summed E-state index contributed by atoms with van der Waals surface area (Å²) in [6.07, 6.45) is 0. The van der Waals surface area contributed by atoms with E-state index in [9.17, 15) is 19.8 Å². The summed E-state index contributed by atoms with van der Waals surface area (Å²) in [5.41, 5.74) is -0.127. The van der Waals surface area contributed by atoms with E-state index in [0.717, 1.165) is 0 Å². The van der Waals surface area contributed by atoms with Crippen LogP contribution < -0.4 is 9.47 Å². The number of carbonyl (C=O) groups is 2. The van der Waals surface area contributed by atoms with Crippen molar-refractivity contribution in [1.82, 2.24) is 0 Å². The Morgan fingerprint density at radius 1 is 1.00 bits per heavy atom. The van der Waals surface area contributed by atoms with Crippen LogP contribution in [0, 0.1) is 17.8 Å². The summed E-state index contributed by atoms with van der Waals surface area (Å²) >= 11 is 0. The molecule has 1 aromatic carbocycles. The van der Waals surface area contributed by atoms with Crippen LogP contribution in [0.15, 0.2) is 18.2 Å². The third kappa shape index (κ3) is 1.39. The van der Waals surface area contributed by atoms with Crippen LogP contribution in [0.1, 0.15) is 5.56 Å². The van der Waals surface area contributed by atoms with Crippen LogP contribution in [0.2, 0.25) is 0 Å². The highest BCUT2D eigenvalue weighted by atomic mass is 16.5. The lowest BCUT2D eigenvalue weighted by atomic mass is 9.89. The Hall–Kier alpha value is -2.24. The molecule has 0 radical (unpaired) electrons. The highest BCUT2D eigenvalue weighted by Gasteiger charge is 2.92. The molecule has 1 aromatic rings. The van der Waals surface area contributed by atoms with Gasteiger partial charge in [0.25, 0.3) is 0 Å². The van der Waals surface area contributed by atoms with Gasteiger partial charge in [-0.25, -0.2) is 0 Å². The van der Waals surface area contributed by atoms with Crippen molar-refractivity contribution in [2.75, 3.05) is 14.2 Å². The molecule has 2 aliphatic rings. The van der Waals surface area contributed by atoms with Crippen molar-refractivity contribution in [2.45, 2.75) is 5.41 Å². The minimum Gasteiger partial charge on any atom is -0.497 e. The minimum absolute atomic E-state index is 0.325. The Balaban J connectivity index is 2.03. The monoisotopic (exact) mass is 278 g/mol. The molecule has 6 heteroatoms. The number of aliphatic carboxylic acids is 2. The Kier molecular flexibility index (Phi) is 2.48. The zero-order valence-corrected chi connectivity index (χ0v) is 11.0. The second-order valence-electron chi connectivity index (χ2n) is 5.19. The van der Waals surface area contributed by atoms with Gasteiger partial charge in [-0.15, -0.1) is 0 Å². The topological polar surface area (TPSA) is 93.1 Å². The zero-order valence-electron chi connectivity index (χ0n) is 11.0. The van der Waals surface area contributed by atoms with Crippen LogP contribution >= 0.6 is 0 Å². The first-order valence-corrected chi connectivity index (χ1v) is 6.17. The Bertz CT molecular complexity index is 563. The third-order valence-electron chi connectivity index (χ3n) is 4.46. The van der Waals surface area contributed by atoms with Gasteiger partial charge in [0.1, 0.15) is 11.5 Å². The molecule has 0 unspecified atom stereocenters. The number of hydrogen-bond donors (Lipinski definition) is 2. The number of rotatable bonds is 5. The molecule has 3 rings (SSSR count). The average molecular weight is 278 g/mol. The summed E-state index contributed by atoms with van der Waals surface area (Å²) in [7, 11) is 2.99. The molecule has 0 spiro atoms. The van der Waals surface area contributed by atoms with Gasteiger partial charge in [-0.2, -0.15) is 0 Å². The first-order chi connectivity index (χ1) is 9.48. The van der Waals surface area contributed by atoms with Crippen molar-refractivity contribution in [3.63, 3.8) is 0 Å². The molecule has 0 amide bonds. The molecule has 0 bridgehead atoms. The number of carboxylic acid groups (broad SMARTS) is 2. The van der Waals surface area contributed by atoms with E-state index >= 15 is 0 Å². The second kappa shape index (κ2) is 3.88. The normalized spacial score (nSPS) is 33.0. The van der Waals surface area contributed by atoms with Crippen LogP contribution in [0.4, 0.5) is 0 Å². The Labute approximate surface area is 114 Å². The maximum atomic E-state index is 11.2. The van der Waals surface area contributed by atoms with Crippen molar-refractivity contribution < 1.29 is 29.3 Å². The van der Waals surface area contributed by atoms with Crippen LogP contribution in [-0.2, 0) is 15.0 Å². The van der Waals surface area contributed by atoms with Crippen LogP contribution in [0.5, 0.6) is 11.5 Å². The highest BCUT2D eigenvalue weighted by Crippen LogP contribution is 2.84. The molecule has 0 aliphatic heterocycles. The third-order valence-corrected chi connectivity index (χ3v) is 4.46. The summed E-state index contributed by atoms with van der Waals surface area (Å²) in [5, 5.41) is 18.4. The van der Waals surface area contributed by atoms with Gasteiger partial charge in [-0.05, 0) is 23.6 Å². The maximum absolute atomic E-state index is 11.2. The predicted octanol–water partition coefficient (Wildman–Crippen LogP) is 0.987. The van der Waals surface area contributed by atoms with Gasteiger partial charge >= 0.3 is 11.9 Å². The van der Waals surface area contributed by atoms with Crippen molar-refractivity contribution in [3.05, 3.63) is 23.8 Å². The van der Waals surface area contributed by atoms with Crippen LogP contribution in [-0.4, -0.2) is 36.4 Å². The fourth-order valence-electron chi connectivity index (χ4n) is 3.46. The standard InChI is InChI=1S/C14H14O6/c1-19-7-3-6(4-8(5-7)20-2)14-9(10(14)12(15)16)11(14)13(17)18/h3-5,9-11H,1-2H3,(H,15,16)(H,17,18)/t9?,10-,11-,14?/m0/s1. The minimum atomic E-state index is -0.950. The number of methoxy groups -OCH3 is 2. The fraction of sp³-hybridized carbons (Fsp3) is 0.429. The summed E-state index contributed by atoms with van der Waals surface area (Å²) in [6.45, 7) is 0. The molecule has 0 aromatic heterocycles. The SMILES string of the molecule is COc1cc(OC)cc(C23C([C@H]2C(=O)O)[C@H]3C(=O)O)c1. The average Bonchev–Trinajstić information content (AvgIpc) is 3.25. The summed E-state index contributed by atoms with van der Waals surface area (Å²) in [5.74, 6) is -2.42. The molecule has 0 saturated heterocycles.